The van der Waals surface area contributed by atoms with E-state index >= 15 is 0 Å². The van der Waals surface area contributed by atoms with Crippen LogP contribution >= 0.6 is 8.25 Å². The van der Waals surface area contributed by atoms with Gasteiger partial charge in [0.15, 0.2) is 0 Å². The largest absolute Gasteiger partial charge is 0.598 e. The summed E-state index contributed by atoms with van der Waals surface area (Å²) >= 11 is 1.63. The second-order valence-electron chi connectivity index (χ2n) is 2.43. The summed E-state index contributed by atoms with van der Waals surface area (Å²) in [7, 11) is -3.37. The molecule has 80 valence electrons. The van der Waals surface area contributed by atoms with Crippen LogP contribution in [0, 0.1) is 0 Å². The third-order valence-corrected chi connectivity index (χ3v) is 3.46. The van der Waals surface area contributed by atoms with Gasteiger partial charge in [-0.15, -0.1) is 0 Å². The molecule has 0 radical (unpaired) electrons. The topological polar surface area (TPSA) is 63.2 Å². The molecule has 0 aliphatic rings. The van der Waals surface area contributed by atoms with Crippen LogP contribution in [0.1, 0.15) is 27.7 Å². The van der Waals surface area contributed by atoms with Crippen LogP contribution in [0.2, 0.25) is 21.1 Å². The molecule has 0 aromatic rings. The molecule has 0 spiro atoms. The van der Waals surface area contributed by atoms with Gasteiger partial charge in [0.2, 0.25) is 0 Å². The minimum atomic E-state index is -3.37. The molecule has 0 aliphatic heterocycles. The number of hydrogen-bond donors (Lipinski definition) is 0. The Morgan fingerprint density at radius 3 is 1.00 bits per heavy atom. The van der Waals surface area contributed by atoms with E-state index in [0.717, 1.165) is 30.4 Å². The zero-order valence-electron chi connectivity index (χ0n) is 9.66. The fraction of sp³-hybridized carbons (Fsp3) is 1.00. The summed E-state index contributed by atoms with van der Waals surface area (Å²) in [5.41, 5.74) is 0. The van der Waals surface area contributed by atoms with Crippen molar-refractivity contribution in [2.75, 3.05) is 0 Å². The van der Waals surface area contributed by atoms with Gasteiger partial charge in [-0.3, -0.25) is 0 Å². The van der Waals surface area contributed by atoms with Crippen LogP contribution in [0.5, 0.6) is 0 Å². The first-order chi connectivity index (χ1) is 6.56. The average Bonchev–Trinajstić information content (AvgIpc) is 2.07. The van der Waals surface area contributed by atoms with Crippen molar-refractivity contribution < 1.29 is 14.4 Å². The van der Waals surface area contributed by atoms with Gasteiger partial charge in [0.05, 0.1) is 0 Å². The van der Waals surface area contributed by atoms with Crippen LogP contribution in [0.4, 0.5) is 0 Å². The molecule has 0 rings (SSSR count). The first-order valence-corrected chi connectivity index (χ1v) is 9.37. The van der Waals surface area contributed by atoms with E-state index in [4.69, 9.17) is 14.4 Å². The Balaban J connectivity index is -0.000000131. The van der Waals surface area contributed by atoms with E-state index in [9.17, 15) is 0 Å². The molecule has 3 nitrogen and oxygen atoms in total. The Hall–Kier alpha value is 1.08. The molecule has 0 unspecified atom stereocenters. The molecule has 14 heavy (non-hydrogen) atoms. The molecule has 0 fully saturated rings. The Labute approximate surface area is 102 Å². The third kappa shape index (κ3) is 73.9. The van der Waals surface area contributed by atoms with Gasteiger partial charge < -0.3 is 9.79 Å². The Morgan fingerprint density at radius 2 is 1.00 bits per heavy atom. The molecular formula is C8H20Al2O3P+. The van der Waals surface area contributed by atoms with E-state index < -0.39 is 8.25 Å². The fourth-order valence-corrected chi connectivity index (χ4v) is 1.73. The van der Waals surface area contributed by atoms with Crippen molar-refractivity contribution in [2.24, 2.45) is 0 Å². The molecule has 0 aromatic heterocycles. The maximum atomic E-state index is 8.48. The summed E-state index contributed by atoms with van der Waals surface area (Å²) in [6.45, 7) is 9.00. The molecule has 0 aliphatic carbocycles. The van der Waals surface area contributed by atoms with E-state index in [2.05, 4.69) is 27.7 Å². The zero-order valence-corrected chi connectivity index (χ0v) is 12.9. The van der Waals surface area contributed by atoms with Gasteiger partial charge in [-0.25, -0.2) is 0 Å². The van der Waals surface area contributed by atoms with Crippen molar-refractivity contribution in [3.63, 3.8) is 0 Å². The van der Waals surface area contributed by atoms with E-state index in [1.165, 1.54) is 21.1 Å². The van der Waals surface area contributed by atoms with Crippen molar-refractivity contribution in [3.05, 3.63) is 0 Å². The quantitative estimate of drug-likeness (QED) is 0.560. The normalized spacial score (nSPS) is 6.71. The SMILES string of the molecule is C[CH2][Al+][CH2]C.C[CH2][Al+][CH2]C.O=[P+]([O-])[O-]. The van der Waals surface area contributed by atoms with Crippen LogP contribution in [0.3, 0.4) is 0 Å². The number of hydrogen-bond acceptors (Lipinski definition) is 3. The minimum Gasteiger partial charge on any atom is -0.598 e. The van der Waals surface area contributed by atoms with Crippen molar-refractivity contribution in [1.29, 1.82) is 0 Å². The Kier molecular flexibility index (Phi) is 34.7. The predicted octanol–water partition coefficient (Wildman–Crippen LogP) is 1.50. The van der Waals surface area contributed by atoms with Crippen LogP contribution in [0.25, 0.3) is 0 Å². The average molecular weight is 249 g/mol. The zero-order chi connectivity index (χ0) is 11.8. The molecule has 0 saturated heterocycles. The van der Waals surface area contributed by atoms with Gasteiger partial charge in [0.1, 0.15) is 0 Å². The van der Waals surface area contributed by atoms with Crippen LogP contribution in [-0.4, -0.2) is 30.4 Å². The maximum Gasteiger partial charge on any atom is 0.276 e. The molecule has 0 heterocycles. The second kappa shape index (κ2) is 23.7. The summed E-state index contributed by atoms with van der Waals surface area (Å²) in [4.78, 5) is 17.0. The molecule has 0 aromatic carbocycles. The van der Waals surface area contributed by atoms with Gasteiger partial charge in [-0.1, -0.05) is 4.57 Å². The van der Waals surface area contributed by atoms with E-state index in [0.29, 0.717) is 0 Å². The molecule has 6 heteroatoms. The molecular weight excluding hydrogens is 229 g/mol. The van der Waals surface area contributed by atoms with Gasteiger partial charge in [0.25, 0.3) is 8.25 Å². The smallest absolute Gasteiger partial charge is 0.276 e. The van der Waals surface area contributed by atoms with Crippen LogP contribution in [-0.2, 0) is 4.57 Å². The third-order valence-electron chi connectivity index (χ3n) is 1.15. The molecule has 0 bridgehead atoms. The molecule has 0 N–H and O–H groups in total. The molecule has 0 saturated carbocycles. The van der Waals surface area contributed by atoms with Gasteiger partial charge in [-0.05, 0) is 0 Å². The standard InChI is InChI=1S/4C2H5.2Al.HO3P/c4*1-2;;;1-4(2)3/h4*1H2,2H3;;;(H,1,2,3)/q;;;;2*+1;/p-1. The fourth-order valence-electron chi connectivity index (χ4n) is 0.577. The summed E-state index contributed by atoms with van der Waals surface area (Å²) in [6, 6.07) is 0. The van der Waals surface area contributed by atoms with Crippen molar-refractivity contribution >= 4 is 38.7 Å². The van der Waals surface area contributed by atoms with E-state index in [-0.39, 0.29) is 0 Å². The second-order valence-corrected chi connectivity index (χ2v) is 7.30. The van der Waals surface area contributed by atoms with Crippen molar-refractivity contribution in [2.45, 2.75) is 48.8 Å². The number of rotatable bonds is 4. The van der Waals surface area contributed by atoms with Gasteiger partial charge >= 0.3 is 79.3 Å². The maximum absolute atomic E-state index is 8.48. The van der Waals surface area contributed by atoms with Gasteiger partial charge in [0, 0.05) is 0 Å². The van der Waals surface area contributed by atoms with Crippen LogP contribution < -0.4 is 9.79 Å². The minimum absolute atomic E-state index is 0.815. The van der Waals surface area contributed by atoms with Crippen LogP contribution in [0.15, 0.2) is 0 Å². The monoisotopic (exact) mass is 249 g/mol. The Morgan fingerprint density at radius 1 is 0.857 bits per heavy atom. The first kappa shape index (κ1) is 20.5. The van der Waals surface area contributed by atoms with Gasteiger partial charge in [-0.2, -0.15) is 0 Å². The summed E-state index contributed by atoms with van der Waals surface area (Å²) in [5.74, 6) is 0. The predicted molar refractivity (Wildman–Crippen MR) is 61.0 cm³/mol. The summed E-state index contributed by atoms with van der Waals surface area (Å²) in [5, 5.41) is 5.71. The van der Waals surface area contributed by atoms with E-state index in [1.54, 1.807) is 0 Å². The summed E-state index contributed by atoms with van der Waals surface area (Å²) < 4.78 is 8.48. The van der Waals surface area contributed by atoms with E-state index in [1.807, 2.05) is 0 Å². The van der Waals surface area contributed by atoms with Crippen molar-refractivity contribution in [3.8, 4) is 0 Å². The van der Waals surface area contributed by atoms with Crippen molar-refractivity contribution in [1.82, 2.24) is 0 Å². The Bertz CT molecular complexity index is 90.6. The first-order valence-electron chi connectivity index (χ1n) is 5.01. The summed E-state index contributed by atoms with van der Waals surface area (Å²) in [6.07, 6.45) is 0. The molecule has 0 atom stereocenters. The molecule has 0 amide bonds.